The molecule has 2 aliphatic rings. The fourth-order valence-corrected chi connectivity index (χ4v) is 3.33. The molecule has 2 heterocycles. The number of hydrogen-bond acceptors (Lipinski definition) is 4. The van der Waals surface area contributed by atoms with E-state index >= 15 is 0 Å². The fraction of sp³-hybridized carbons (Fsp3) is 0.611. The molecule has 0 atom stereocenters. The van der Waals surface area contributed by atoms with Crippen molar-refractivity contribution >= 4 is 5.78 Å². The number of nitrogens with zero attached hydrogens (tertiary/aromatic N) is 1. The zero-order valence-corrected chi connectivity index (χ0v) is 13.5. The Kier molecular flexibility index (Phi) is 4.67. The normalized spacial score (nSPS) is 19.4. The Morgan fingerprint density at radius 3 is 2.55 bits per heavy atom. The third-order valence-electron chi connectivity index (χ3n) is 4.41. The van der Waals surface area contributed by atoms with Gasteiger partial charge in [0.1, 0.15) is 13.2 Å². The van der Waals surface area contributed by atoms with Crippen molar-refractivity contribution in [3.8, 4) is 11.5 Å². The van der Waals surface area contributed by atoms with Gasteiger partial charge < -0.3 is 14.4 Å². The molecule has 22 heavy (non-hydrogen) atoms. The van der Waals surface area contributed by atoms with Crippen LogP contribution in [0.4, 0.5) is 0 Å². The summed E-state index contributed by atoms with van der Waals surface area (Å²) < 4.78 is 11.1. The lowest BCUT2D eigenvalue weighted by Crippen LogP contribution is -2.38. The fourth-order valence-electron chi connectivity index (χ4n) is 3.33. The van der Waals surface area contributed by atoms with Gasteiger partial charge in [0, 0.05) is 18.0 Å². The van der Waals surface area contributed by atoms with Crippen LogP contribution in [-0.4, -0.2) is 43.5 Å². The van der Waals surface area contributed by atoms with Crippen molar-refractivity contribution in [3.05, 3.63) is 23.8 Å². The summed E-state index contributed by atoms with van der Waals surface area (Å²) >= 11 is 0. The second-order valence-corrected chi connectivity index (χ2v) is 6.69. The number of carbonyl (C=O) groups excluding carboxylic acids is 1. The average Bonchev–Trinajstić information content (AvgIpc) is 2.54. The minimum atomic E-state index is 0.144. The van der Waals surface area contributed by atoms with Gasteiger partial charge in [0.2, 0.25) is 0 Å². The van der Waals surface area contributed by atoms with Gasteiger partial charge >= 0.3 is 0 Å². The van der Waals surface area contributed by atoms with Gasteiger partial charge in [-0.3, -0.25) is 4.79 Å². The third-order valence-corrected chi connectivity index (χ3v) is 4.41. The second-order valence-electron chi connectivity index (χ2n) is 6.69. The van der Waals surface area contributed by atoms with E-state index < -0.39 is 0 Å². The van der Waals surface area contributed by atoms with E-state index in [1.165, 1.54) is 0 Å². The Balaban J connectivity index is 1.62. The lowest BCUT2D eigenvalue weighted by atomic mass is 9.88. The highest BCUT2D eigenvalue weighted by Gasteiger charge is 2.27. The summed E-state index contributed by atoms with van der Waals surface area (Å²) in [4.78, 5) is 15.2. The van der Waals surface area contributed by atoms with Crippen LogP contribution < -0.4 is 9.47 Å². The van der Waals surface area contributed by atoms with E-state index in [2.05, 4.69) is 18.7 Å². The molecule has 1 fully saturated rings. The zero-order chi connectivity index (χ0) is 15.5. The molecule has 0 aromatic heterocycles. The molecule has 0 unspecified atom stereocenters. The highest BCUT2D eigenvalue weighted by atomic mass is 16.6. The number of hydrogen-bond donors (Lipinski definition) is 0. The van der Waals surface area contributed by atoms with Crippen LogP contribution in [0.5, 0.6) is 11.5 Å². The minimum absolute atomic E-state index is 0.144. The van der Waals surface area contributed by atoms with Crippen LogP contribution >= 0.6 is 0 Å². The maximum Gasteiger partial charge on any atom is 0.166 e. The van der Waals surface area contributed by atoms with Crippen molar-refractivity contribution in [1.82, 2.24) is 4.90 Å². The molecule has 0 saturated carbocycles. The van der Waals surface area contributed by atoms with Gasteiger partial charge in [0.15, 0.2) is 17.3 Å². The number of piperidine rings is 1. The van der Waals surface area contributed by atoms with Gasteiger partial charge in [0.05, 0.1) is 0 Å². The largest absolute Gasteiger partial charge is 0.486 e. The molecule has 0 radical (unpaired) electrons. The molecule has 4 nitrogen and oxygen atoms in total. The SMILES string of the molecule is CC(C)CN1CCC(C(=O)c2ccc3c(c2)OCCO3)CC1. The number of Topliss-reactive ketones (excluding diaryl/α,β-unsaturated/α-hetero) is 1. The van der Waals surface area contributed by atoms with Crippen LogP contribution in [0.25, 0.3) is 0 Å². The number of carbonyl (C=O) groups is 1. The molecule has 3 rings (SSSR count). The first-order valence-electron chi connectivity index (χ1n) is 8.29. The summed E-state index contributed by atoms with van der Waals surface area (Å²) in [5.74, 6) is 2.53. The Labute approximate surface area is 132 Å². The van der Waals surface area contributed by atoms with E-state index in [1.54, 1.807) is 0 Å². The van der Waals surface area contributed by atoms with E-state index in [9.17, 15) is 4.79 Å². The van der Waals surface area contributed by atoms with Crippen molar-refractivity contribution in [2.75, 3.05) is 32.8 Å². The number of ether oxygens (including phenoxy) is 2. The van der Waals surface area contributed by atoms with Crippen molar-refractivity contribution in [3.63, 3.8) is 0 Å². The molecule has 2 aliphatic heterocycles. The van der Waals surface area contributed by atoms with E-state index in [0.29, 0.717) is 24.9 Å². The molecule has 0 bridgehead atoms. The smallest absolute Gasteiger partial charge is 0.166 e. The maximum absolute atomic E-state index is 12.7. The molecule has 1 aromatic rings. The van der Waals surface area contributed by atoms with Crippen molar-refractivity contribution in [2.24, 2.45) is 11.8 Å². The van der Waals surface area contributed by atoms with Crippen molar-refractivity contribution in [2.45, 2.75) is 26.7 Å². The molecule has 0 aliphatic carbocycles. The Morgan fingerprint density at radius 2 is 1.86 bits per heavy atom. The van der Waals surface area contributed by atoms with Crippen LogP contribution in [0.2, 0.25) is 0 Å². The highest BCUT2D eigenvalue weighted by molar-refractivity contribution is 5.98. The molecular formula is C18H25NO3. The molecule has 1 aromatic carbocycles. The van der Waals surface area contributed by atoms with E-state index in [-0.39, 0.29) is 11.7 Å². The Bertz CT molecular complexity index is 533. The topological polar surface area (TPSA) is 38.8 Å². The number of rotatable bonds is 4. The summed E-state index contributed by atoms with van der Waals surface area (Å²) in [6.45, 7) is 8.80. The minimum Gasteiger partial charge on any atom is -0.486 e. The molecule has 4 heteroatoms. The Morgan fingerprint density at radius 1 is 1.18 bits per heavy atom. The molecule has 1 saturated heterocycles. The summed E-state index contributed by atoms with van der Waals surface area (Å²) in [5, 5.41) is 0. The lowest BCUT2D eigenvalue weighted by Gasteiger charge is -2.32. The number of benzene rings is 1. The van der Waals surface area contributed by atoms with Gasteiger partial charge in [-0.05, 0) is 50.0 Å². The lowest BCUT2D eigenvalue weighted by molar-refractivity contribution is 0.0830. The molecule has 120 valence electrons. The summed E-state index contributed by atoms with van der Waals surface area (Å²) in [6, 6.07) is 5.57. The van der Waals surface area contributed by atoms with E-state index in [0.717, 1.165) is 43.8 Å². The third kappa shape index (κ3) is 3.43. The predicted octanol–water partition coefficient (Wildman–Crippen LogP) is 3.01. The van der Waals surface area contributed by atoms with Gasteiger partial charge in [-0.15, -0.1) is 0 Å². The zero-order valence-electron chi connectivity index (χ0n) is 13.5. The Hall–Kier alpha value is -1.55. The number of ketones is 1. The summed E-state index contributed by atoms with van der Waals surface area (Å²) in [5.41, 5.74) is 0.756. The predicted molar refractivity (Wildman–Crippen MR) is 85.8 cm³/mol. The molecule has 0 amide bonds. The second kappa shape index (κ2) is 6.69. The molecular weight excluding hydrogens is 278 g/mol. The van der Waals surface area contributed by atoms with Crippen LogP contribution in [0.15, 0.2) is 18.2 Å². The molecule has 0 spiro atoms. The van der Waals surface area contributed by atoms with Gasteiger partial charge in [-0.1, -0.05) is 13.8 Å². The summed E-state index contributed by atoms with van der Waals surface area (Å²) in [7, 11) is 0. The van der Waals surface area contributed by atoms with E-state index in [1.807, 2.05) is 18.2 Å². The average molecular weight is 303 g/mol. The molecule has 0 N–H and O–H groups in total. The van der Waals surface area contributed by atoms with Crippen LogP contribution in [0.3, 0.4) is 0 Å². The first-order chi connectivity index (χ1) is 10.6. The van der Waals surface area contributed by atoms with Crippen molar-refractivity contribution < 1.29 is 14.3 Å². The number of fused-ring (bicyclic) bond motifs is 1. The standard InChI is InChI=1S/C18H25NO3/c1-13(2)12-19-7-5-14(6-8-19)18(20)15-3-4-16-17(11-15)22-10-9-21-16/h3-4,11,13-14H,5-10,12H2,1-2H3. The van der Waals surface area contributed by atoms with Crippen LogP contribution in [-0.2, 0) is 0 Å². The van der Waals surface area contributed by atoms with Crippen LogP contribution in [0, 0.1) is 11.8 Å². The quantitative estimate of drug-likeness (QED) is 0.802. The van der Waals surface area contributed by atoms with Gasteiger partial charge in [-0.25, -0.2) is 0 Å². The summed E-state index contributed by atoms with van der Waals surface area (Å²) in [6.07, 6.45) is 1.92. The van der Waals surface area contributed by atoms with Crippen molar-refractivity contribution in [1.29, 1.82) is 0 Å². The number of likely N-dealkylation sites (tertiary alicyclic amines) is 1. The first kappa shape index (κ1) is 15.3. The van der Waals surface area contributed by atoms with Crippen LogP contribution in [0.1, 0.15) is 37.0 Å². The van der Waals surface area contributed by atoms with Gasteiger partial charge in [0.25, 0.3) is 0 Å². The maximum atomic E-state index is 12.7. The van der Waals surface area contributed by atoms with Gasteiger partial charge in [-0.2, -0.15) is 0 Å². The van der Waals surface area contributed by atoms with E-state index in [4.69, 9.17) is 9.47 Å². The first-order valence-corrected chi connectivity index (χ1v) is 8.29. The highest BCUT2D eigenvalue weighted by Crippen LogP contribution is 2.32. The monoisotopic (exact) mass is 303 g/mol.